The van der Waals surface area contributed by atoms with Crippen LogP contribution in [0.4, 0.5) is 4.79 Å². The van der Waals surface area contributed by atoms with Crippen molar-refractivity contribution in [3.8, 4) is 0 Å². The summed E-state index contributed by atoms with van der Waals surface area (Å²) < 4.78 is 6.09. The predicted molar refractivity (Wildman–Crippen MR) is 76.9 cm³/mol. The standard InChI is InChI=1S/C13H16BrN3O2/c1-13(2,3)19-12(18)17-6-8-5-15-11-10(8)4-9(14)7-16-11/h4-5,7H,6H2,1-3H3,(H,15,16)(H,17,18). The van der Waals surface area contributed by atoms with Gasteiger partial charge in [0.2, 0.25) is 0 Å². The Morgan fingerprint density at radius 3 is 2.95 bits per heavy atom. The first-order valence-corrected chi connectivity index (χ1v) is 6.73. The number of carbonyl (C=O) groups excluding carboxylic acids is 1. The zero-order valence-corrected chi connectivity index (χ0v) is 12.7. The number of amides is 1. The van der Waals surface area contributed by atoms with Crippen molar-refractivity contribution >= 4 is 33.1 Å². The number of hydrogen-bond donors (Lipinski definition) is 2. The fourth-order valence-corrected chi connectivity index (χ4v) is 1.99. The van der Waals surface area contributed by atoms with Crippen molar-refractivity contribution in [2.75, 3.05) is 0 Å². The van der Waals surface area contributed by atoms with Gasteiger partial charge in [-0.05, 0) is 48.3 Å². The van der Waals surface area contributed by atoms with E-state index >= 15 is 0 Å². The quantitative estimate of drug-likeness (QED) is 0.889. The summed E-state index contributed by atoms with van der Waals surface area (Å²) in [5.74, 6) is 0. The van der Waals surface area contributed by atoms with E-state index in [1.54, 1.807) is 6.20 Å². The van der Waals surface area contributed by atoms with Gasteiger partial charge in [-0.25, -0.2) is 9.78 Å². The molecule has 0 atom stereocenters. The summed E-state index contributed by atoms with van der Waals surface area (Å²) in [7, 11) is 0. The van der Waals surface area contributed by atoms with Crippen molar-refractivity contribution in [3.63, 3.8) is 0 Å². The number of hydrogen-bond acceptors (Lipinski definition) is 3. The molecule has 0 fully saturated rings. The molecule has 0 aliphatic rings. The van der Waals surface area contributed by atoms with E-state index < -0.39 is 11.7 Å². The van der Waals surface area contributed by atoms with E-state index in [-0.39, 0.29) is 0 Å². The van der Waals surface area contributed by atoms with Crippen LogP contribution in [0.15, 0.2) is 22.9 Å². The molecule has 1 amide bonds. The number of pyridine rings is 1. The van der Waals surface area contributed by atoms with Crippen LogP contribution in [-0.4, -0.2) is 21.7 Å². The number of nitrogens with one attached hydrogen (secondary N) is 2. The lowest BCUT2D eigenvalue weighted by Crippen LogP contribution is -2.32. The molecule has 2 heterocycles. The summed E-state index contributed by atoms with van der Waals surface area (Å²) in [6.07, 6.45) is 3.13. The Kier molecular flexibility index (Phi) is 3.80. The largest absolute Gasteiger partial charge is 0.444 e. The predicted octanol–water partition coefficient (Wildman–Crippen LogP) is 3.35. The van der Waals surface area contributed by atoms with Crippen LogP contribution in [0.1, 0.15) is 26.3 Å². The number of carbonyl (C=O) groups is 1. The highest BCUT2D eigenvalue weighted by atomic mass is 79.9. The van der Waals surface area contributed by atoms with E-state index in [1.165, 1.54) is 0 Å². The Hall–Kier alpha value is -1.56. The van der Waals surface area contributed by atoms with Crippen LogP contribution in [0.25, 0.3) is 11.0 Å². The van der Waals surface area contributed by atoms with Crippen molar-refractivity contribution in [3.05, 3.63) is 28.5 Å². The number of aromatic nitrogens is 2. The molecular formula is C13H16BrN3O2. The van der Waals surface area contributed by atoms with Crippen molar-refractivity contribution in [2.45, 2.75) is 32.9 Å². The van der Waals surface area contributed by atoms with Gasteiger partial charge in [-0.1, -0.05) is 0 Å². The maximum atomic E-state index is 11.6. The average Bonchev–Trinajstić information content (AvgIpc) is 2.66. The fraction of sp³-hybridized carbons (Fsp3) is 0.385. The first kappa shape index (κ1) is 13.9. The van der Waals surface area contributed by atoms with E-state index in [4.69, 9.17) is 4.74 Å². The zero-order valence-electron chi connectivity index (χ0n) is 11.1. The van der Waals surface area contributed by atoms with Gasteiger partial charge in [0.1, 0.15) is 11.2 Å². The highest BCUT2D eigenvalue weighted by molar-refractivity contribution is 9.10. The topological polar surface area (TPSA) is 67.0 Å². The first-order valence-electron chi connectivity index (χ1n) is 5.93. The second kappa shape index (κ2) is 5.21. The van der Waals surface area contributed by atoms with E-state index in [2.05, 4.69) is 31.2 Å². The van der Waals surface area contributed by atoms with Gasteiger partial charge in [-0.2, -0.15) is 0 Å². The fourth-order valence-electron chi connectivity index (χ4n) is 1.66. The minimum atomic E-state index is -0.491. The van der Waals surface area contributed by atoms with E-state index in [9.17, 15) is 4.79 Å². The van der Waals surface area contributed by atoms with E-state index in [0.29, 0.717) is 6.54 Å². The lowest BCUT2D eigenvalue weighted by atomic mass is 10.2. The van der Waals surface area contributed by atoms with Gasteiger partial charge in [0.25, 0.3) is 0 Å². The Morgan fingerprint density at radius 2 is 2.26 bits per heavy atom. The number of rotatable bonds is 2. The molecular weight excluding hydrogens is 310 g/mol. The molecule has 0 radical (unpaired) electrons. The monoisotopic (exact) mass is 325 g/mol. The molecule has 0 unspecified atom stereocenters. The Bertz CT molecular complexity index is 601. The van der Waals surface area contributed by atoms with Crippen molar-refractivity contribution in [1.29, 1.82) is 0 Å². The molecule has 2 aromatic rings. The van der Waals surface area contributed by atoms with Crippen molar-refractivity contribution in [2.24, 2.45) is 0 Å². The third-order valence-electron chi connectivity index (χ3n) is 2.41. The van der Waals surface area contributed by atoms with Crippen LogP contribution in [-0.2, 0) is 11.3 Å². The summed E-state index contributed by atoms with van der Waals surface area (Å²) >= 11 is 3.38. The minimum Gasteiger partial charge on any atom is -0.444 e. The summed E-state index contributed by atoms with van der Waals surface area (Å²) in [5.41, 5.74) is 1.27. The number of nitrogens with zero attached hydrogens (tertiary/aromatic N) is 1. The number of fused-ring (bicyclic) bond motifs is 1. The van der Waals surface area contributed by atoms with Gasteiger partial charge in [-0.15, -0.1) is 0 Å². The van der Waals surface area contributed by atoms with Gasteiger partial charge in [0.05, 0.1) is 0 Å². The molecule has 19 heavy (non-hydrogen) atoms. The smallest absolute Gasteiger partial charge is 0.407 e. The summed E-state index contributed by atoms with van der Waals surface area (Å²) in [6, 6.07) is 1.96. The van der Waals surface area contributed by atoms with Gasteiger partial charge >= 0.3 is 6.09 Å². The summed E-state index contributed by atoms with van der Waals surface area (Å²) in [4.78, 5) is 18.9. The molecule has 2 rings (SSSR count). The van der Waals surface area contributed by atoms with Gasteiger partial charge in [0.15, 0.2) is 0 Å². The normalized spacial score (nSPS) is 11.6. The van der Waals surface area contributed by atoms with Crippen LogP contribution >= 0.6 is 15.9 Å². The lowest BCUT2D eigenvalue weighted by Gasteiger charge is -2.19. The van der Waals surface area contributed by atoms with Gasteiger partial charge in [-0.3, -0.25) is 0 Å². The van der Waals surface area contributed by atoms with Gasteiger partial charge < -0.3 is 15.0 Å². The molecule has 0 spiro atoms. The van der Waals surface area contributed by atoms with Crippen LogP contribution in [0.2, 0.25) is 0 Å². The highest BCUT2D eigenvalue weighted by Crippen LogP contribution is 2.20. The molecule has 0 aliphatic heterocycles. The van der Waals surface area contributed by atoms with Crippen molar-refractivity contribution in [1.82, 2.24) is 15.3 Å². The Balaban J connectivity index is 2.06. The number of ether oxygens (including phenoxy) is 1. The maximum absolute atomic E-state index is 11.6. The third kappa shape index (κ3) is 3.70. The van der Waals surface area contributed by atoms with Crippen LogP contribution < -0.4 is 5.32 Å². The third-order valence-corrected chi connectivity index (χ3v) is 2.84. The molecule has 0 bridgehead atoms. The molecule has 6 heteroatoms. The summed E-state index contributed by atoms with van der Waals surface area (Å²) in [5, 5.41) is 3.71. The second-order valence-electron chi connectivity index (χ2n) is 5.22. The Labute approximate surface area is 119 Å². The first-order chi connectivity index (χ1) is 8.85. The zero-order chi connectivity index (χ0) is 14.0. The molecule has 102 valence electrons. The number of alkyl carbamates (subject to hydrolysis) is 1. The Morgan fingerprint density at radius 1 is 1.53 bits per heavy atom. The molecule has 0 saturated carbocycles. The average molecular weight is 326 g/mol. The number of aromatic amines is 1. The van der Waals surface area contributed by atoms with Crippen LogP contribution in [0, 0.1) is 0 Å². The SMILES string of the molecule is CC(C)(C)OC(=O)NCc1c[nH]c2ncc(Br)cc12. The van der Waals surface area contributed by atoms with Crippen LogP contribution in [0.5, 0.6) is 0 Å². The number of H-pyrrole nitrogens is 1. The maximum Gasteiger partial charge on any atom is 0.407 e. The molecule has 5 nitrogen and oxygen atoms in total. The second-order valence-corrected chi connectivity index (χ2v) is 6.13. The molecule has 0 aromatic carbocycles. The molecule has 0 saturated heterocycles. The lowest BCUT2D eigenvalue weighted by molar-refractivity contribution is 0.0524. The van der Waals surface area contributed by atoms with Crippen LogP contribution in [0.3, 0.4) is 0 Å². The molecule has 0 aliphatic carbocycles. The van der Waals surface area contributed by atoms with E-state index in [0.717, 1.165) is 21.1 Å². The minimum absolute atomic E-state index is 0.396. The van der Waals surface area contributed by atoms with E-state index in [1.807, 2.05) is 33.0 Å². The number of halogens is 1. The molecule has 2 N–H and O–H groups in total. The van der Waals surface area contributed by atoms with Crippen molar-refractivity contribution < 1.29 is 9.53 Å². The summed E-state index contributed by atoms with van der Waals surface area (Å²) in [6.45, 7) is 5.89. The highest BCUT2D eigenvalue weighted by Gasteiger charge is 2.16. The molecule has 2 aromatic heterocycles. The van der Waals surface area contributed by atoms with Gasteiger partial charge in [0, 0.05) is 28.8 Å².